The molecule has 0 aliphatic carbocycles. The molecule has 0 spiro atoms. The Morgan fingerprint density at radius 2 is 1.89 bits per heavy atom. The molecule has 0 aliphatic heterocycles. The molecule has 0 aliphatic rings. The highest BCUT2D eigenvalue weighted by Crippen LogP contribution is 2.14. The van der Waals surface area contributed by atoms with Gasteiger partial charge in [-0.1, -0.05) is 54.9 Å². The van der Waals surface area contributed by atoms with Crippen molar-refractivity contribution in [1.29, 1.82) is 0 Å². The average Bonchev–Trinajstić information content (AvgIpc) is 2.39. The van der Waals surface area contributed by atoms with Crippen molar-refractivity contribution in [2.75, 3.05) is 5.32 Å². The van der Waals surface area contributed by atoms with E-state index in [0.717, 1.165) is 18.7 Å². The molecule has 1 atom stereocenters. The maximum Gasteiger partial charge on any atom is 0.131 e. The summed E-state index contributed by atoms with van der Waals surface area (Å²) in [6.07, 6.45) is 2.04. The van der Waals surface area contributed by atoms with Gasteiger partial charge in [0.2, 0.25) is 0 Å². The van der Waals surface area contributed by atoms with Crippen molar-refractivity contribution in [1.82, 2.24) is 4.98 Å². The number of halogens is 1. The molecule has 3 heteroatoms. The number of aromatic nitrogens is 1. The number of rotatable bonds is 5. The molecular weight excluding hydrogens is 244 g/mol. The normalized spacial score (nSPS) is 12.1. The Labute approximate surface area is 113 Å². The van der Waals surface area contributed by atoms with E-state index in [1.165, 1.54) is 5.56 Å². The maximum atomic E-state index is 5.88. The maximum absolute atomic E-state index is 5.88. The number of nitrogens with one attached hydrogen (secondary N) is 1. The van der Waals surface area contributed by atoms with Gasteiger partial charge in [-0.05, 0) is 30.5 Å². The molecular formula is C15H17ClN2. The lowest BCUT2D eigenvalue weighted by Gasteiger charge is -2.17. The highest BCUT2D eigenvalue weighted by molar-refractivity contribution is 6.29. The van der Waals surface area contributed by atoms with Gasteiger partial charge in [0.25, 0.3) is 0 Å². The van der Waals surface area contributed by atoms with E-state index in [1.54, 1.807) is 6.07 Å². The van der Waals surface area contributed by atoms with Crippen molar-refractivity contribution >= 4 is 17.4 Å². The number of pyridine rings is 1. The molecule has 2 nitrogen and oxygen atoms in total. The summed E-state index contributed by atoms with van der Waals surface area (Å²) in [6, 6.07) is 16.5. The third-order valence-corrected chi connectivity index (χ3v) is 3.10. The van der Waals surface area contributed by atoms with E-state index in [0.29, 0.717) is 11.2 Å². The van der Waals surface area contributed by atoms with Crippen LogP contribution in [0.25, 0.3) is 0 Å². The quantitative estimate of drug-likeness (QED) is 0.817. The molecule has 0 bridgehead atoms. The Morgan fingerprint density at radius 1 is 1.11 bits per heavy atom. The van der Waals surface area contributed by atoms with Crippen LogP contribution in [0.4, 0.5) is 5.82 Å². The third kappa shape index (κ3) is 3.74. The Morgan fingerprint density at radius 3 is 2.56 bits per heavy atom. The standard InChI is InChI=1S/C15H17ClN2/c1-2-13(11-12-7-4-3-5-8-12)17-15-10-6-9-14(16)18-15/h3-10,13H,2,11H2,1H3,(H,17,18). The largest absolute Gasteiger partial charge is 0.367 e. The molecule has 0 radical (unpaired) electrons. The highest BCUT2D eigenvalue weighted by Gasteiger charge is 2.07. The van der Waals surface area contributed by atoms with Crippen molar-refractivity contribution in [3.63, 3.8) is 0 Å². The SMILES string of the molecule is CCC(Cc1ccccc1)Nc1cccc(Cl)n1. The van der Waals surface area contributed by atoms with Gasteiger partial charge in [0.15, 0.2) is 0 Å². The molecule has 94 valence electrons. The van der Waals surface area contributed by atoms with Gasteiger partial charge < -0.3 is 5.32 Å². The van der Waals surface area contributed by atoms with Gasteiger partial charge >= 0.3 is 0 Å². The highest BCUT2D eigenvalue weighted by atomic mass is 35.5. The number of nitrogens with zero attached hydrogens (tertiary/aromatic N) is 1. The number of anilines is 1. The fraction of sp³-hybridized carbons (Fsp3) is 0.267. The van der Waals surface area contributed by atoms with Crippen molar-refractivity contribution in [3.8, 4) is 0 Å². The van der Waals surface area contributed by atoms with E-state index in [4.69, 9.17) is 11.6 Å². The van der Waals surface area contributed by atoms with Crippen LogP contribution in [0.5, 0.6) is 0 Å². The molecule has 1 unspecified atom stereocenters. The van der Waals surface area contributed by atoms with Gasteiger partial charge in [0, 0.05) is 6.04 Å². The molecule has 1 aromatic heterocycles. The van der Waals surface area contributed by atoms with Crippen molar-refractivity contribution in [3.05, 3.63) is 59.2 Å². The second-order valence-corrected chi connectivity index (χ2v) is 4.67. The summed E-state index contributed by atoms with van der Waals surface area (Å²) in [5.74, 6) is 0.838. The predicted octanol–water partition coefficient (Wildman–Crippen LogP) is 4.17. The fourth-order valence-electron chi connectivity index (χ4n) is 1.89. The Bertz CT molecular complexity index is 485. The predicted molar refractivity (Wildman–Crippen MR) is 77.1 cm³/mol. The van der Waals surface area contributed by atoms with Gasteiger partial charge in [-0.25, -0.2) is 4.98 Å². The molecule has 18 heavy (non-hydrogen) atoms. The Hall–Kier alpha value is -1.54. The minimum Gasteiger partial charge on any atom is -0.367 e. The number of hydrogen-bond acceptors (Lipinski definition) is 2. The van der Waals surface area contributed by atoms with Crippen LogP contribution < -0.4 is 5.32 Å². The first-order chi connectivity index (χ1) is 8.78. The molecule has 2 rings (SSSR count). The summed E-state index contributed by atoms with van der Waals surface area (Å²) in [6.45, 7) is 2.17. The Balaban J connectivity index is 2.01. The zero-order chi connectivity index (χ0) is 12.8. The van der Waals surface area contributed by atoms with Gasteiger partial charge in [-0.2, -0.15) is 0 Å². The summed E-state index contributed by atoms with van der Waals surface area (Å²) in [4.78, 5) is 4.26. The second kappa shape index (κ2) is 6.41. The molecule has 1 heterocycles. The zero-order valence-corrected chi connectivity index (χ0v) is 11.2. The summed E-state index contributed by atoms with van der Waals surface area (Å²) in [5.41, 5.74) is 1.33. The second-order valence-electron chi connectivity index (χ2n) is 4.28. The van der Waals surface area contributed by atoms with Crippen LogP contribution in [-0.2, 0) is 6.42 Å². The van der Waals surface area contributed by atoms with E-state index < -0.39 is 0 Å². The molecule has 1 N–H and O–H groups in total. The van der Waals surface area contributed by atoms with E-state index in [9.17, 15) is 0 Å². The van der Waals surface area contributed by atoms with E-state index in [1.807, 2.05) is 18.2 Å². The first-order valence-corrected chi connectivity index (χ1v) is 6.58. The van der Waals surface area contributed by atoms with Crippen LogP contribution in [0.1, 0.15) is 18.9 Å². The van der Waals surface area contributed by atoms with Gasteiger partial charge in [0.1, 0.15) is 11.0 Å². The Kier molecular flexibility index (Phi) is 4.59. The van der Waals surface area contributed by atoms with E-state index >= 15 is 0 Å². The van der Waals surface area contributed by atoms with Crippen LogP contribution >= 0.6 is 11.6 Å². The smallest absolute Gasteiger partial charge is 0.131 e. The lowest BCUT2D eigenvalue weighted by molar-refractivity contribution is 0.687. The van der Waals surface area contributed by atoms with Crippen molar-refractivity contribution in [2.45, 2.75) is 25.8 Å². The molecule has 0 amide bonds. The molecule has 0 saturated carbocycles. The summed E-state index contributed by atoms with van der Waals surface area (Å²) in [7, 11) is 0. The van der Waals surface area contributed by atoms with Crippen LogP contribution in [0.2, 0.25) is 5.15 Å². The van der Waals surface area contributed by atoms with E-state index in [2.05, 4.69) is 41.5 Å². The van der Waals surface area contributed by atoms with Crippen molar-refractivity contribution < 1.29 is 0 Å². The monoisotopic (exact) mass is 260 g/mol. The summed E-state index contributed by atoms with van der Waals surface area (Å²) < 4.78 is 0. The van der Waals surface area contributed by atoms with E-state index in [-0.39, 0.29) is 0 Å². The first kappa shape index (κ1) is 12.9. The van der Waals surface area contributed by atoms with Crippen LogP contribution in [-0.4, -0.2) is 11.0 Å². The number of hydrogen-bond donors (Lipinski definition) is 1. The van der Waals surface area contributed by atoms with Gasteiger partial charge in [-0.3, -0.25) is 0 Å². The lowest BCUT2D eigenvalue weighted by Crippen LogP contribution is -2.21. The van der Waals surface area contributed by atoms with Crippen LogP contribution in [0.3, 0.4) is 0 Å². The van der Waals surface area contributed by atoms with Crippen LogP contribution in [0, 0.1) is 0 Å². The lowest BCUT2D eigenvalue weighted by atomic mass is 10.0. The van der Waals surface area contributed by atoms with Crippen LogP contribution in [0.15, 0.2) is 48.5 Å². The molecule has 1 aromatic carbocycles. The first-order valence-electron chi connectivity index (χ1n) is 6.21. The zero-order valence-electron chi connectivity index (χ0n) is 10.4. The fourth-order valence-corrected chi connectivity index (χ4v) is 2.06. The number of benzene rings is 1. The van der Waals surface area contributed by atoms with Crippen molar-refractivity contribution in [2.24, 2.45) is 0 Å². The van der Waals surface area contributed by atoms with Gasteiger partial charge in [-0.15, -0.1) is 0 Å². The molecule has 2 aromatic rings. The molecule has 0 saturated heterocycles. The topological polar surface area (TPSA) is 24.9 Å². The van der Waals surface area contributed by atoms with Gasteiger partial charge in [0.05, 0.1) is 0 Å². The third-order valence-electron chi connectivity index (χ3n) is 2.88. The average molecular weight is 261 g/mol. The summed E-state index contributed by atoms with van der Waals surface area (Å²) >= 11 is 5.88. The molecule has 0 fully saturated rings. The summed E-state index contributed by atoms with van der Waals surface area (Å²) in [5, 5.41) is 3.95. The minimum absolute atomic E-state index is 0.373. The minimum atomic E-state index is 0.373.